The average molecular weight is 292 g/mol. The number of hydrogen-bond donors (Lipinski definition) is 2. The van der Waals surface area contributed by atoms with E-state index in [0.717, 1.165) is 0 Å². The fourth-order valence-electron chi connectivity index (χ4n) is 1.58. The van der Waals surface area contributed by atoms with Crippen LogP contribution in [0.15, 0.2) is 12.3 Å². The minimum absolute atomic E-state index is 0. The Bertz CT molecular complexity index is 481. The van der Waals surface area contributed by atoms with E-state index in [-0.39, 0.29) is 35.4 Å². The molecule has 0 bridgehead atoms. The van der Waals surface area contributed by atoms with Crippen LogP contribution in [0, 0.1) is 0 Å². The number of nitrogens with one attached hydrogen (secondary N) is 1. The van der Waals surface area contributed by atoms with Gasteiger partial charge in [-0.05, 0) is 6.07 Å². The zero-order valence-corrected chi connectivity index (χ0v) is 10.8. The number of nitrogens with zero attached hydrogens (tertiary/aromatic N) is 2. The van der Waals surface area contributed by atoms with E-state index < -0.39 is 5.97 Å². The molecule has 0 atom stereocenters. The Morgan fingerprint density at radius 3 is 2.83 bits per heavy atom. The average Bonchev–Trinajstić information content (AvgIpc) is 2.30. The van der Waals surface area contributed by atoms with E-state index in [0.29, 0.717) is 18.9 Å². The molecule has 1 aromatic rings. The summed E-state index contributed by atoms with van der Waals surface area (Å²) in [7, 11) is 0. The number of carboxylic acid groups (broad SMARTS) is 1. The fraction of sp³-hybridized carbons (Fsp3) is 0.300. The molecule has 2 N–H and O–H groups in total. The molecule has 0 spiro atoms. The van der Waals surface area contributed by atoms with Crippen molar-refractivity contribution in [1.29, 1.82) is 0 Å². The maximum Gasteiger partial charge on any atom is 0.337 e. The van der Waals surface area contributed by atoms with Gasteiger partial charge >= 0.3 is 5.97 Å². The highest BCUT2D eigenvalue weighted by Crippen LogP contribution is 2.24. The quantitative estimate of drug-likeness (QED) is 0.842. The summed E-state index contributed by atoms with van der Waals surface area (Å²) in [5, 5.41) is 11.9. The summed E-state index contributed by atoms with van der Waals surface area (Å²) in [6.07, 6.45) is 1.19. The summed E-state index contributed by atoms with van der Waals surface area (Å²) in [4.78, 5) is 27.7. The molecule has 0 aromatic carbocycles. The third-order valence-corrected chi connectivity index (χ3v) is 2.69. The third-order valence-electron chi connectivity index (χ3n) is 2.41. The number of aromatic carboxylic acids is 1. The molecular formula is C10H11Cl2N3O3. The first-order valence-corrected chi connectivity index (χ1v) is 5.37. The second kappa shape index (κ2) is 5.99. The van der Waals surface area contributed by atoms with Gasteiger partial charge in [0.05, 0.1) is 17.1 Å². The van der Waals surface area contributed by atoms with Crippen molar-refractivity contribution in [3.8, 4) is 0 Å². The lowest BCUT2D eigenvalue weighted by atomic mass is 10.2. The van der Waals surface area contributed by atoms with Crippen molar-refractivity contribution in [2.24, 2.45) is 0 Å². The van der Waals surface area contributed by atoms with E-state index in [9.17, 15) is 9.59 Å². The molecule has 1 fully saturated rings. The molecule has 2 rings (SSSR count). The normalized spacial score (nSPS) is 15.2. The predicted octanol–water partition coefficient (Wildman–Crippen LogP) is 0.791. The summed E-state index contributed by atoms with van der Waals surface area (Å²) < 4.78 is 0. The number of carbonyl (C=O) groups excluding carboxylic acids is 1. The van der Waals surface area contributed by atoms with Crippen molar-refractivity contribution in [1.82, 2.24) is 10.3 Å². The summed E-state index contributed by atoms with van der Waals surface area (Å²) in [6.45, 7) is 1.36. The largest absolute Gasteiger partial charge is 0.478 e. The van der Waals surface area contributed by atoms with E-state index in [2.05, 4.69) is 10.3 Å². The fourth-order valence-corrected chi connectivity index (χ4v) is 1.84. The number of piperazine rings is 1. The highest BCUT2D eigenvalue weighted by Gasteiger charge is 2.23. The second-order valence-corrected chi connectivity index (χ2v) is 3.96. The number of halogens is 2. The molecule has 8 heteroatoms. The molecule has 1 aliphatic heterocycles. The smallest absolute Gasteiger partial charge is 0.337 e. The van der Waals surface area contributed by atoms with E-state index in [1.807, 2.05) is 0 Å². The van der Waals surface area contributed by atoms with Gasteiger partial charge < -0.3 is 10.4 Å². The molecule has 1 saturated heterocycles. The van der Waals surface area contributed by atoms with Crippen LogP contribution in [0.4, 0.5) is 5.82 Å². The van der Waals surface area contributed by atoms with Crippen molar-refractivity contribution in [3.63, 3.8) is 0 Å². The Labute approximate surface area is 114 Å². The van der Waals surface area contributed by atoms with Gasteiger partial charge in [0.15, 0.2) is 5.82 Å². The highest BCUT2D eigenvalue weighted by atomic mass is 35.5. The Kier molecular flexibility index (Phi) is 4.89. The number of carbonyl (C=O) groups is 2. The number of carboxylic acids is 1. The van der Waals surface area contributed by atoms with Crippen molar-refractivity contribution in [2.45, 2.75) is 0 Å². The van der Waals surface area contributed by atoms with Crippen LogP contribution in [0.3, 0.4) is 0 Å². The number of rotatable bonds is 2. The summed E-state index contributed by atoms with van der Waals surface area (Å²) in [6, 6.07) is 1.29. The molecule has 6 nitrogen and oxygen atoms in total. The lowest BCUT2D eigenvalue weighted by molar-refractivity contribution is -0.118. The van der Waals surface area contributed by atoms with Crippen LogP contribution in [0.5, 0.6) is 0 Å². The molecule has 0 saturated carbocycles. The lowest BCUT2D eigenvalue weighted by Crippen LogP contribution is -2.48. The van der Waals surface area contributed by atoms with Gasteiger partial charge in [0.2, 0.25) is 5.91 Å². The van der Waals surface area contributed by atoms with Crippen LogP contribution in [-0.4, -0.2) is 41.6 Å². The van der Waals surface area contributed by atoms with Gasteiger partial charge in [-0.15, -0.1) is 12.4 Å². The van der Waals surface area contributed by atoms with E-state index >= 15 is 0 Å². The lowest BCUT2D eigenvalue weighted by Gasteiger charge is -2.27. The van der Waals surface area contributed by atoms with E-state index in [1.165, 1.54) is 17.2 Å². The molecule has 2 heterocycles. The van der Waals surface area contributed by atoms with Crippen molar-refractivity contribution < 1.29 is 14.7 Å². The Balaban J connectivity index is 0.00000162. The number of amides is 1. The van der Waals surface area contributed by atoms with Gasteiger partial charge in [-0.2, -0.15) is 0 Å². The van der Waals surface area contributed by atoms with Crippen LogP contribution >= 0.6 is 24.0 Å². The standard InChI is InChI=1S/C10H10ClN3O3.ClH/c11-7-3-6(10(16)17)4-13-9(7)14-2-1-12-5-8(14)15;/h3-4,12H,1-2,5H2,(H,16,17);1H. The molecule has 98 valence electrons. The van der Waals surface area contributed by atoms with Crippen LogP contribution in [-0.2, 0) is 4.79 Å². The van der Waals surface area contributed by atoms with Crippen molar-refractivity contribution in [2.75, 3.05) is 24.5 Å². The topological polar surface area (TPSA) is 82.5 Å². The zero-order chi connectivity index (χ0) is 12.4. The molecule has 1 aromatic heterocycles. The third kappa shape index (κ3) is 2.90. The number of aromatic nitrogens is 1. The van der Waals surface area contributed by atoms with Crippen LogP contribution < -0.4 is 10.2 Å². The monoisotopic (exact) mass is 291 g/mol. The van der Waals surface area contributed by atoms with Gasteiger partial charge in [0.25, 0.3) is 0 Å². The predicted molar refractivity (Wildman–Crippen MR) is 68.7 cm³/mol. The molecule has 1 aliphatic rings. The van der Waals surface area contributed by atoms with Crippen LogP contribution in [0.2, 0.25) is 5.02 Å². The zero-order valence-electron chi connectivity index (χ0n) is 9.22. The summed E-state index contributed by atoms with van der Waals surface area (Å²) >= 11 is 5.93. The van der Waals surface area contributed by atoms with Gasteiger partial charge in [-0.25, -0.2) is 9.78 Å². The molecule has 0 radical (unpaired) electrons. The van der Waals surface area contributed by atoms with Gasteiger partial charge in [-0.3, -0.25) is 9.69 Å². The van der Waals surface area contributed by atoms with Gasteiger partial charge in [-0.1, -0.05) is 11.6 Å². The summed E-state index contributed by atoms with van der Waals surface area (Å²) in [5.41, 5.74) is 0.00123. The molecular weight excluding hydrogens is 281 g/mol. The van der Waals surface area contributed by atoms with Gasteiger partial charge in [0, 0.05) is 19.3 Å². The molecule has 0 unspecified atom stereocenters. The Hall–Kier alpha value is -1.37. The first-order chi connectivity index (χ1) is 8.09. The highest BCUT2D eigenvalue weighted by molar-refractivity contribution is 6.33. The van der Waals surface area contributed by atoms with Crippen molar-refractivity contribution >= 4 is 41.7 Å². The van der Waals surface area contributed by atoms with E-state index in [4.69, 9.17) is 16.7 Å². The second-order valence-electron chi connectivity index (χ2n) is 3.56. The first kappa shape index (κ1) is 14.7. The maximum atomic E-state index is 11.6. The Morgan fingerprint density at radius 2 is 2.28 bits per heavy atom. The first-order valence-electron chi connectivity index (χ1n) is 4.99. The SMILES string of the molecule is Cl.O=C(O)c1cnc(N2CCNCC2=O)c(Cl)c1. The number of anilines is 1. The number of hydrogen-bond acceptors (Lipinski definition) is 4. The van der Waals surface area contributed by atoms with E-state index in [1.54, 1.807) is 0 Å². The minimum atomic E-state index is -1.10. The van der Waals surface area contributed by atoms with Crippen LogP contribution in [0.25, 0.3) is 0 Å². The van der Waals surface area contributed by atoms with Crippen molar-refractivity contribution in [3.05, 3.63) is 22.8 Å². The summed E-state index contributed by atoms with van der Waals surface area (Å²) in [5.74, 6) is -0.922. The minimum Gasteiger partial charge on any atom is -0.478 e. The molecule has 0 aliphatic carbocycles. The number of pyridine rings is 1. The van der Waals surface area contributed by atoms with Crippen LogP contribution in [0.1, 0.15) is 10.4 Å². The molecule has 18 heavy (non-hydrogen) atoms. The molecule has 1 amide bonds. The Morgan fingerprint density at radius 1 is 1.56 bits per heavy atom. The maximum absolute atomic E-state index is 11.6. The van der Waals surface area contributed by atoms with Gasteiger partial charge in [0.1, 0.15) is 0 Å².